The molecule has 11 heteroatoms. The normalized spacial score (nSPS) is 19.0. The molecule has 0 unspecified atom stereocenters. The van der Waals surface area contributed by atoms with Crippen molar-refractivity contribution in [3.63, 3.8) is 0 Å². The van der Waals surface area contributed by atoms with Crippen molar-refractivity contribution in [3.8, 4) is 28.4 Å². The van der Waals surface area contributed by atoms with Gasteiger partial charge in [0.05, 0.1) is 49.7 Å². The lowest BCUT2D eigenvalue weighted by atomic mass is 10.1. The highest BCUT2D eigenvalue weighted by atomic mass is 19.1. The molecule has 6 rings (SSSR count). The number of carbonyl (C=O) groups excluding carboxylic acids is 1. The van der Waals surface area contributed by atoms with Crippen molar-refractivity contribution in [3.05, 3.63) is 72.4 Å². The van der Waals surface area contributed by atoms with E-state index >= 15 is 0 Å². The Morgan fingerprint density at radius 1 is 1.07 bits per heavy atom. The second kappa shape index (κ2) is 12.7. The largest absolute Gasteiger partial charge is 0.497 e. The lowest BCUT2D eigenvalue weighted by molar-refractivity contribution is -0.204. The van der Waals surface area contributed by atoms with Crippen molar-refractivity contribution in [1.82, 2.24) is 24.8 Å². The summed E-state index contributed by atoms with van der Waals surface area (Å²) in [6.07, 6.45) is 4.72. The first-order valence-electron chi connectivity index (χ1n) is 14.2. The average Bonchev–Trinajstić information content (AvgIpc) is 3.46. The molecule has 0 aliphatic carbocycles. The number of piperidine rings is 1. The van der Waals surface area contributed by atoms with Gasteiger partial charge < -0.3 is 29.4 Å². The van der Waals surface area contributed by atoms with E-state index in [4.69, 9.17) is 24.2 Å². The molecule has 2 aliphatic heterocycles. The van der Waals surface area contributed by atoms with Gasteiger partial charge in [-0.1, -0.05) is 6.07 Å². The molecular formula is C31H33FN6O4. The fourth-order valence-corrected chi connectivity index (χ4v) is 5.24. The molecule has 2 aliphatic rings. The smallest absolute Gasteiger partial charge is 0.230 e. The lowest BCUT2D eigenvalue weighted by Crippen LogP contribution is -2.46. The maximum atomic E-state index is 13.7. The second-order valence-electron chi connectivity index (χ2n) is 10.4. The highest BCUT2D eigenvalue weighted by Gasteiger charge is 2.32. The van der Waals surface area contributed by atoms with Gasteiger partial charge in [-0.25, -0.2) is 19.3 Å². The predicted molar refractivity (Wildman–Crippen MR) is 155 cm³/mol. The predicted octanol–water partition coefficient (Wildman–Crippen LogP) is 4.97. The standard InChI is InChI=1S/C31H33FN6O4/c1-40-24-7-5-6-23(16-24)34-31-33-13-12-25(35-31)29-28(20-8-10-22(32)11-9-20)36-26(37-29)17-27-41-18-21(19-42-27)30(39)38-14-3-2-4-15-38/h5-13,16,21,27H,2-4,14-15,17-19H2,1H3,(H,36,37)(H,33,34,35). The molecule has 0 radical (unpaired) electrons. The van der Waals surface area contributed by atoms with Crippen LogP contribution in [0, 0.1) is 11.7 Å². The molecule has 4 aromatic rings. The van der Waals surface area contributed by atoms with Crippen LogP contribution in [0.5, 0.6) is 5.75 Å². The number of hydrogen-bond donors (Lipinski definition) is 2. The van der Waals surface area contributed by atoms with Gasteiger partial charge in [-0.05, 0) is 61.7 Å². The number of methoxy groups -OCH3 is 1. The zero-order valence-electron chi connectivity index (χ0n) is 23.4. The molecule has 218 valence electrons. The molecule has 2 fully saturated rings. The highest BCUT2D eigenvalue weighted by molar-refractivity contribution is 5.79. The third-order valence-electron chi connectivity index (χ3n) is 7.45. The molecular weight excluding hydrogens is 539 g/mol. The minimum Gasteiger partial charge on any atom is -0.497 e. The van der Waals surface area contributed by atoms with Crippen LogP contribution in [0.4, 0.5) is 16.0 Å². The third-order valence-corrected chi connectivity index (χ3v) is 7.45. The van der Waals surface area contributed by atoms with E-state index in [0.717, 1.165) is 37.2 Å². The Labute approximate surface area is 243 Å². The van der Waals surface area contributed by atoms with Crippen LogP contribution in [0.25, 0.3) is 22.6 Å². The second-order valence-corrected chi connectivity index (χ2v) is 10.4. The summed E-state index contributed by atoms with van der Waals surface area (Å²) < 4.78 is 31.0. The summed E-state index contributed by atoms with van der Waals surface area (Å²) >= 11 is 0. The monoisotopic (exact) mass is 572 g/mol. The molecule has 42 heavy (non-hydrogen) atoms. The SMILES string of the molecule is COc1cccc(Nc2nccc(-c3[nH]c(CC4OCC(C(=O)N5CCCCC5)CO4)nc3-c3ccc(F)cc3)n2)c1. The number of nitrogens with zero attached hydrogens (tertiary/aromatic N) is 4. The quantitative estimate of drug-likeness (QED) is 0.304. The molecule has 2 aromatic heterocycles. The number of aromatic nitrogens is 4. The number of carbonyl (C=O) groups is 1. The first-order valence-corrected chi connectivity index (χ1v) is 14.2. The van der Waals surface area contributed by atoms with Crippen molar-refractivity contribution in [2.24, 2.45) is 5.92 Å². The fraction of sp³-hybridized carbons (Fsp3) is 0.355. The topological polar surface area (TPSA) is 114 Å². The Kier molecular flexibility index (Phi) is 8.38. The van der Waals surface area contributed by atoms with Crippen LogP contribution >= 0.6 is 0 Å². The van der Waals surface area contributed by atoms with Crippen LogP contribution in [0.2, 0.25) is 0 Å². The van der Waals surface area contributed by atoms with E-state index in [0.29, 0.717) is 54.2 Å². The summed E-state index contributed by atoms with van der Waals surface area (Å²) in [7, 11) is 1.61. The highest BCUT2D eigenvalue weighted by Crippen LogP contribution is 2.31. The first kappa shape index (κ1) is 27.8. The number of likely N-dealkylation sites (tertiary alicyclic amines) is 1. The Bertz CT molecular complexity index is 1510. The molecule has 2 saturated heterocycles. The molecule has 2 N–H and O–H groups in total. The van der Waals surface area contributed by atoms with Crippen LogP contribution in [-0.2, 0) is 20.7 Å². The number of H-pyrrole nitrogens is 1. The third kappa shape index (κ3) is 6.42. The van der Waals surface area contributed by atoms with Crippen molar-refractivity contribution in [2.45, 2.75) is 32.0 Å². The van der Waals surface area contributed by atoms with Gasteiger partial charge in [0.15, 0.2) is 6.29 Å². The lowest BCUT2D eigenvalue weighted by Gasteiger charge is -2.34. The van der Waals surface area contributed by atoms with Gasteiger partial charge in [-0.3, -0.25) is 4.79 Å². The van der Waals surface area contributed by atoms with Gasteiger partial charge in [-0.15, -0.1) is 0 Å². The van der Waals surface area contributed by atoms with Crippen LogP contribution in [0.15, 0.2) is 60.8 Å². The summed E-state index contributed by atoms with van der Waals surface area (Å²) in [6, 6.07) is 15.4. The zero-order chi connectivity index (χ0) is 28.9. The number of ether oxygens (including phenoxy) is 3. The summed E-state index contributed by atoms with van der Waals surface area (Å²) in [4.78, 5) is 32.1. The number of benzene rings is 2. The summed E-state index contributed by atoms with van der Waals surface area (Å²) in [6.45, 7) is 2.23. The van der Waals surface area contributed by atoms with Crippen molar-refractivity contribution in [2.75, 3.05) is 38.7 Å². The number of aromatic amines is 1. The Morgan fingerprint density at radius 2 is 1.86 bits per heavy atom. The average molecular weight is 573 g/mol. The molecule has 0 bridgehead atoms. The number of hydrogen-bond acceptors (Lipinski definition) is 8. The molecule has 0 spiro atoms. The van der Waals surface area contributed by atoms with Gasteiger partial charge in [0.25, 0.3) is 0 Å². The molecule has 10 nitrogen and oxygen atoms in total. The maximum absolute atomic E-state index is 13.7. The first-order chi connectivity index (χ1) is 20.6. The van der Waals surface area contributed by atoms with Crippen LogP contribution in [0.3, 0.4) is 0 Å². The molecule has 1 amide bonds. The van der Waals surface area contributed by atoms with Gasteiger partial charge in [0, 0.05) is 36.6 Å². The molecule has 0 saturated carbocycles. The zero-order valence-corrected chi connectivity index (χ0v) is 23.4. The number of nitrogens with one attached hydrogen (secondary N) is 2. The number of halogens is 1. The van der Waals surface area contributed by atoms with Gasteiger partial charge in [-0.2, -0.15) is 0 Å². The Hall–Kier alpha value is -4.35. The maximum Gasteiger partial charge on any atom is 0.230 e. The van der Waals surface area contributed by atoms with E-state index in [2.05, 4.69) is 15.3 Å². The summed E-state index contributed by atoms with van der Waals surface area (Å²) in [5.74, 6) is 1.20. The minimum atomic E-state index is -0.550. The van der Waals surface area contributed by atoms with E-state index in [-0.39, 0.29) is 17.6 Å². The van der Waals surface area contributed by atoms with E-state index in [1.807, 2.05) is 29.2 Å². The van der Waals surface area contributed by atoms with Gasteiger partial charge >= 0.3 is 0 Å². The van der Waals surface area contributed by atoms with E-state index < -0.39 is 6.29 Å². The van der Waals surface area contributed by atoms with Crippen LogP contribution in [0.1, 0.15) is 25.1 Å². The number of anilines is 2. The van der Waals surface area contributed by atoms with Crippen molar-refractivity contribution >= 4 is 17.5 Å². The number of amides is 1. The summed E-state index contributed by atoms with van der Waals surface area (Å²) in [5.41, 5.74) is 3.38. The van der Waals surface area contributed by atoms with Gasteiger partial charge in [0.1, 0.15) is 17.4 Å². The number of imidazole rings is 1. The molecule has 4 heterocycles. The van der Waals surface area contributed by atoms with Crippen molar-refractivity contribution in [1.29, 1.82) is 0 Å². The minimum absolute atomic E-state index is 0.106. The Balaban J connectivity index is 1.21. The van der Waals surface area contributed by atoms with Crippen LogP contribution < -0.4 is 10.1 Å². The van der Waals surface area contributed by atoms with Crippen molar-refractivity contribution < 1.29 is 23.4 Å². The fourth-order valence-electron chi connectivity index (χ4n) is 5.24. The number of rotatable bonds is 8. The van der Waals surface area contributed by atoms with Gasteiger partial charge in [0.2, 0.25) is 11.9 Å². The van der Waals surface area contributed by atoms with E-state index in [1.54, 1.807) is 31.5 Å². The Morgan fingerprint density at radius 3 is 2.62 bits per heavy atom. The van der Waals surface area contributed by atoms with E-state index in [9.17, 15) is 9.18 Å². The molecule has 2 aromatic carbocycles. The van der Waals surface area contributed by atoms with E-state index in [1.165, 1.54) is 18.6 Å². The summed E-state index contributed by atoms with van der Waals surface area (Å²) in [5, 5.41) is 3.21. The van der Waals surface area contributed by atoms with Crippen LogP contribution in [-0.4, -0.2) is 70.4 Å². The molecule has 0 atom stereocenters.